The molecule has 2 N–H and O–H groups in total. The van der Waals surface area contributed by atoms with E-state index in [2.05, 4.69) is 40.9 Å². The van der Waals surface area contributed by atoms with Gasteiger partial charge in [-0.05, 0) is 50.6 Å². The molecule has 2 aromatic heterocycles. The van der Waals surface area contributed by atoms with Gasteiger partial charge in [0, 0.05) is 12.2 Å². The fourth-order valence-corrected chi connectivity index (χ4v) is 2.81. The number of aryl methyl sites for hydroxylation is 2. The molecule has 136 valence electrons. The van der Waals surface area contributed by atoms with Crippen molar-refractivity contribution in [1.29, 1.82) is 0 Å². The standard InChI is InChI=1S/C20H25N5O/c1-4-21-20(23-14-18-9-7-11-26-18)22-13-17-8-5-6-10-19(17)25-16(3)12-15(2)24-25/h5-12H,4,13-14H2,1-3H3,(H2,21,22,23). The highest BCUT2D eigenvalue weighted by Gasteiger charge is 2.09. The molecule has 0 aliphatic rings. The summed E-state index contributed by atoms with van der Waals surface area (Å²) in [5.41, 5.74) is 4.30. The summed E-state index contributed by atoms with van der Waals surface area (Å²) in [6.07, 6.45) is 1.67. The van der Waals surface area contributed by atoms with Crippen LogP contribution in [0.15, 0.2) is 58.1 Å². The summed E-state index contributed by atoms with van der Waals surface area (Å²) in [6.45, 7) is 8.07. The fraction of sp³-hybridized carbons (Fsp3) is 0.300. The lowest BCUT2D eigenvalue weighted by Crippen LogP contribution is -2.36. The average molecular weight is 351 g/mol. The number of para-hydroxylation sites is 1. The van der Waals surface area contributed by atoms with Gasteiger partial charge in [0.1, 0.15) is 5.76 Å². The first-order valence-electron chi connectivity index (χ1n) is 8.83. The number of benzene rings is 1. The smallest absolute Gasteiger partial charge is 0.191 e. The van der Waals surface area contributed by atoms with E-state index in [9.17, 15) is 0 Å². The van der Waals surface area contributed by atoms with Gasteiger partial charge in [-0.15, -0.1) is 0 Å². The fourth-order valence-electron chi connectivity index (χ4n) is 2.81. The highest BCUT2D eigenvalue weighted by Crippen LogP contribution is 2.17. The summed E-state index contributed by atoms with van der Waals surface area (Å²) in [5.74, 6) is 1.63. The van der Waals surface area contributed by atoms with Gasteiger partial charge in [-0.2, -0.15) is 5.10 Å². The third-order valence-electron chi connectivity index (χ3n) is 3.99. The lowest BCUT2D eigenvalue weighted by molar-refractivity contribution is 0.501. The van der Waals surface area contributed by atoms with Crippen molar-refractivity contribution >= 4 is 5.96 Å². The van der Waals surface area contributed by atoms with Crippen LogP contribution in [-0.2, 0) is 13.1 Å². The Kier molecular flexibility index (Phi) is 5.73. The second-order valence-electron chi connectivity index (χ2n) is 6.10. The lowest BCUT2D eigenvalue weighted by atomic mass is 10.2. The normalized spacial score (nSPS) is 11.6. The molecule has 0 bridgehead atoms. The van der Waals surface area contributed by atoms with Crippen molar-refractivity contribution in [3.05, 3.63) is 71.4 Å². The van der Waals surface area contributed by atoms with Crippen LogP contribution in [0.5, 0.6) is 0 Å². The zero-order valence-electron chi connectivity index (χ0n) is 15.5. The monoisotopic (exact) mass is 351 g/mol. The second-order valence-corrected chi connectivity index (χ2v) is 6.10. The topological polar surface area (TPSA) is 67.4 Å². The van der Waals surface area contributed by atoms with Crippen LogP contribution in [0.4, 0.5) is 0 Å². The molecule has 0 saturated carbocycles. The van der Waals surface area contributed by atoms with Gasteiger partial charge in [0.05, 0.1) is 30.7 Å². The van der Waals surface area contributed by atoms with Gasteiger partial charge in [-0.3, -0.25) is 0 Å². The number of nitrogens with zero attached hydrogens (tertiary/aromatic N) is 3. The van der Waals surface area contributed by atoms with Gasteiger partial charge in [-0.1, -0.05) is 18.2 Å². The Bertz CT molecular complexity index is 864. The van der Waals surface area contributed by atoms with Crippen LogP contribution >= 0.6 is 0 Å². The molecule has 0 aliphatic heterocycles. The summed E-state index contributed by atoms with van der Waals surface area (Å²) in [6, 6.07) is 14.1. The van der Waals surface area contributed by atoms with Gasteiger partial charge in [-0.25, -0.2) is 9.67 Å². The van der Waals surface area contributed by atoms with E-state index in [0.717, 1.165) is 40.9 Å². The SMILES string of the molecule is CCNC(=NCc1ccccc1-n1nc(C)cc1C)NCc1ccco1. The minimum absolute atomic E-state index is 0.558. The molecular formula is C20H25N5O. The van der Waals surface area contributed by atoms with Gasteiger partial charge >= 0.3 is 0 Å². The van der Waals surface area contributed by atoms with E-state index in [0.29, 0.717) is 13.1 Å². The Balaban J connectivity index is 1.78. The molecular weight excluding hydrogens is 326 g/mol. The summed E-state index contributed by atoms with van der Waals surface area (Å²) in [4.78, 5) is 4.72. The maximum Gasteiger partial charge on any atom is 0.191 e. The second kappa shape index (κ2) is 8.38. The highest BCUT2D eigenvalue weighted by atomic mass is 16.3. The Morgan fingerprint density at radius 1 is 1.15 bits per heavy atom. The van der Waals surface area contributed by atoms with Crippen molar-refractivity contribution in [2.24, 2.45) is 4.99 Å². The lowest BCUT2D eigenvalue weighted by Gasteiger charge is -2.12. The van der Waals surface area contributed by atoms with Crippen molar-refractivity contribution < 1.29 is 4.42 Å². The molecule has 26 heavy (non-hydrogen) atoms. The summed E-state index contributed by atoms with van der Waals surface area (Å²) in [7, 11) is 0. The van der Waals surface area contributed by atoms with E-state index in [1.165, 1.54) is 0 Å². The zero-order chi connectivity index (χ0) is 18.4. The Hall–Kier alpha value is -3.02. The molecule has 0 fully saturated rings. The molecule has 6 heteroatoms. The molecule has 2 heterocycles. The van der Waals surface area contributed by atoms with E-state index in [1.807, 2.05) is 42.8 Å². The predicted octanol–water partition coefficient (Wildman–Crippen LogP) is 3.34. The van der Waals surface area contributed by atoms with E-state index >= 15 is 0 Å². The van der Waals surface area contributed by atoms with Crippen molar-refractivity contribution in [3.63, 3.8) is 0 Å². The molecule has 0 amide bonds. The average Bonchev–Trinajstić information content (AvgIpc) is 3.27. The number of rotatable bonds is 6. The third-order valence-corrected chi connectivity index (χ3v) is 3.99. The Labute approximate surface area is 153 Å². The van der Waals surface area contributed by atoms with Crippen molar-refractivity contribution in [1.82, 2.24) is 20.4 Å². The number of nitrogens with one attached hydrogen (secondary N) is 2. The minimum atomic E-state index is 0.558. The molecule has 3 rings (SSSR count). The Morgan fingerprint density at radius 2 is 2.00 bits per heavy atom. The van der Waals surface area contributed by atoms with Crippen LogP contribution < -0.4 is 10.6 Å². The van der Waals surface area contributed by atoms with Crippen LogP contribution in [0.2, 0.25) is 0 Å². The zero-order valence-corrected chi connectivity index (χ0v) is 15.5. The van der Waals surface area contributed by atoms with Gasteiger partial charge in [0.2, 0.25) is 0 Å². The number of aliphatic imine (C=N–C) groups is 1. The van der Waals surface area contributed by atoms with E-state index < -0.39 is 0 Å². The highest BCUT2D eigenvalue weighted by molar-refractivity contribution is 5.79. The maximum absolute atomic E-state index is 5.36. The van der Waals surface area contributed by atoms with Crippen molar-refractivity contribution in [3.8, 4) is 5.69 Å². The van der Waals surface area contributed by atoms with E-state index in [1.54, 1.807) is 6.26 Å². The summed E-state index contributed by atoms with van der Waals surface area (Å²) in [5, 5.41) is 11.2. The maximum atomic E-state index is 5.36. The number of aromatic nitrogens is 2. The summed E-state index contributed by atoms with van der Waals surface area (Å²) >= 11 is 0. The molecule has 0 atom stereocenters. The largest absolute Gasteiger partial charge is 0.467 e. The molecule has 0 radical (unpaired) electrons. The molecule has 0 spiro atoms. The van der Waals surface area contributed by atoms with Crippen LogP contribution in [0.1, 0.15) is 29.6 Å². The van der Waals surface area contributed by atoms with Crippen LogP contribution in [0.3, 0.4) is 0 Å². The van der Waals surface area contributed by atoms with Gasteiger partial charge < -0.3 is 15.1 Å². The number of hydrogen-bond donors (Lipinski definition) is 2. The van der Waals surface area contributed by atoms with E-state index in [-0.39, 0.29) is 0 Å². The molecule has 1 aromatic carbocycles. The molecule has 0 unspecified atom stereocenters. The predicted molar refractivity (Wildman–Crippen MR) is 103 cm³/mol. The molecule has 6 nitrogen and oxygen atoms in total. The van der Waals surface area contributed by atoms with Crippen molar-refractivity contribution in [2.45, 2.75) is 33.9 Å². The number of furan rings is 1. The van der Waals surface area contributed by atoms with Crippen LogP contribution in [-0.4, -0.2) is 22.3 Å². The first-order valence-corrected chi connectivity index (χ1v) is 8.83. The van der Waals surface area contributed by atoms with Crippen LogP contribution in [0, 0.1) is 13.8 Å². The van der Waals surface area contributed by atoms with Crippen LogP contribution in [0.25, 0.3) is 5.69 Å². The third kappa shape index (κ3) is 4.33. The van der Waals surface area contributed by atoms with Crippen molar-refractivity contribution in [2.75, 3.05) is 6.54 Å². The molecule has 0 saturated heterocycles. The van der Waals surface area contributed by atoms with Gasteiger partial charge in [0.25, 0.3) is 0 Å². The quantitative estimate of drug-likeness (QED) is 0.528. The first kappa shape index (κ1) is 17.8. The molecule has 0 aliphatic carbocycles. The summed E-state index contributed by atoms with van der Waals surface area (Å²) < 4.78 is 7.34. The number of hydrogen-bond acceptors (Lipinski definition) is 3. The van der Waals surface area contributed by atoms with E-state index in [4.69, 9.17) is 9.41 Å². The van der Waals surface area contributed by atoms with Gasteiger partial charge in [0.15, 0.2) is 5.96 Å². The minimum Gasteiger partial charge on any atom is -0.467 e. The molecule has 3 aromatic rings. The number of guanidine groups is 1. The Morgan fingerprint density at radius 3 is 2.69 bits per heavy atom. The first-order chi connectivity index (χ1) is 12.7.